The van der Waals surface area contributed by atoms with Crippen LogP contribution in [0, 0.1) is 13.8 Å². The van der Waals surface area contributed by atoms with E-state index in [2.05, 4.69) is 5.10 Å². The molecule has 0 fully saturated rings. The van der Waals surface area contributed by atoms with Gasteiger partial charge in [0.05, 0.1) is 23.0 Å². The molecule has 0 radical (unpaired) electrons. The number of hydrogen-bond donors (Lipinski definition) is 0. The first kappa shape index (κ1) is 14.7. The molecule has 1 aromatic heterocycles. The van der Waals surface area contributed by atoms with Gasteiger partial charge >= 0.3 is 0 Å². The maximum absolute atomic E-state index is 12.4. The molecule has 108 valence electrons. The fraction of sp³-hybridized carbons (Fsp3) is 0.357. The van der Waals surface area contributed by atoms with Gasteiger partial charge in [-0.3, -0.25) is 4.68 Å². The van der Waals surface area contributed by atoms with Crippen molar-refractivity contribution in [2.45, 2.75) is 24.5 Å². The van der Waals surface area contributed by atoms with Crippen molar-refractivity contribution in [1.29, 1.82) is 0 Å². The summed E-state index contributed by atoms with van der Waals surface area (Å²) in [5.74, 6) is 0.600. The molecule has 0 aliphatic heterocycles. The standard InChI is InChI=1S/C14H18N2O3S/c1-10-14(11(2)16(3)15-10)9-20(17,18)13-7-5-12(19-4)6-8-13/h5-8H,9H2,1-4H3. The van der Waals surface area contributed by atoms with Gasteiger partial charge in [0.25, 0.3) is 0 Å². The Morgan fingerprint density at radius 2 is 1.90 bits per heavy atom. The molecule has 1 atom stereocenters. The van der Waals surface area contributed by atoms with E-state index in [9.17, 15) is 8.76 Å². The van der Waals surface area contributed by atoms with E-state index in [4.69, 9.17) is 4.74 Å². The number of methoxy groups -OCH3 is 1. The summed E-state index contributed by atoms with van der Waals surface area (Å²) in [7, 11) is -0.0200. The Labute approximate surface area is 119 Å². The van der Waals surface area contributed by atoms with E-state index in [0.29, 0.717) is 10.6 Å². The molecule has 0 spiro atoms. The van der Waals surface area contributed by atoms with Crippen molar-refractivity contribution < 1.29 is 13.5 Å². The Morgan fingerprint density at radius 1 is 1.30 bits per heavy atom. The molecule has 0 saturated heterocycles. The van der Waals surface area contributed by atoms with Crippen LogP contribution in [0.5, 0.6) is 5.75 Å². The number of benzene rings is 1. The Hall–Kier alpha value is -1.66. The van der Waals surface area contributed by atoms with Crippen molar-refractivity contribution in [2.75, 3.05) is 7.11 Å². The number of rotatable bonds is 4. The summed E-state index contributed by atoms with van der Waals surface area (Å²) in [6.45, 7) is 3.70. The first-order chi connectivity index (χ1) is 9.35. The molecule has 1 heterocycles. The van der Waals surface area contributed by atoms with E-state index in [1.807, 2.05) is 20.9 Å². The first-order valence-corrected chi connectivity index (χ1v) is 7.86. The van der Waals surface area contributed by atoms with E-state index in [1.54, 1.807) is 36.1 Å². The second kappa shape index (κ2) is 5.38. The topological polar surface area (TPSA) is 67.2 Å². The average molecular weight is 294 g/mol. The lowest BCUT2D eigenvalue weighted by atomic mass is 10.2. The van der Waals surface area contributed by atoms with Crippen LogP contribution in [0.2, 0.25) is 0 Å². The third-order valence-corrected chi connectivity index (χ3v) is 5.07. The van der Waals surface area contributed by atoms with Crippen molar-refractivity contribution in [2.24, 2.45) is 7.05 Å². The monoisotopic (exact) mass is 294 g/mol. The molecule has 0 bridgehead atoms. The van der Waals surface area contributed by atoms with Crippen LogP contribution in [-0.4, -0.2) is 21.4 Å². The lowest BCUT2D eigenvalue weighted by Gasteiger charge is -2.15. The second-order valence-corrected chi connectivity index (χ2v) is 6.70. The van der Waals surface area contributed by atoms with Crippen molar-refractivity contribution in [3.05, 3.63) is 41.2 Å². The average Bonchev–Trinajstić information content (AvgIpc) is 2.65. The van der Waals surface area contributed by atoms with Crippen molar-refractivity contribution in [3.8, 4) is 5.75 Å². The SMILES string of the molecule is COc1ccc([S+](=O)([O-])Cc2c(C)nn(C)c2C)cc1. The molecule has 0 aliphatic rings. The van der Waals surface area contributed by atoms with Crippen LogP contribution in [0.4, 0.5) is 0 Å². The quantitative estimate of drug-likeness (QED) is 0.811. The van der Waals surface area contributed by atoms with Crippen LogP contribution >= 0.6 is 0 Å². The molecular formula is C14H18N2O3S. The van der Waals surface area contributed by atoms with Gasteiger partial charge in [0.1, 0.15) is 11.5 Å². The zero-order valence-electron chi connectivity index (χ0n) is 12.0. The van der Waals surface area contributed by atoms with Crippen LogP contribution in [0.15, 0.2) is 29.2 Å². The van der Waals surface area contributed by atoms with Gasteiger partial charge in [-0.25, -0.2) is 0 Å². The van der Waals surface area contributed by atoms with E-state index in [0.717, 1.165) is 17.0 Å². The Bertz CT molecular complexity index is 662. The molecule has 0 saturated carbocycles. The lowest BCUT2D eigenvalue weighted by Crippen LogP contribution is -2.14. The molecule has 0 N–H and O–H groups in total. The van der Waals surface area contributed by atoms with Gasteiger partial charge in [-0.2, -0.15) is 5.10 Å². The minimum atomic E-state index is -3.38. The van der Waals surface area contributed by atoms with Gasteiger partial charge in [-0.15, -0.1) is 4.21 Å². The number of sulfone groups is 1. The smallest absolute Gasteiger partial charge is 0.156 e. The fourth-order valence-electron chi connectivity index (χ4n) is 2.08. The molecule has 0 aliphatic carbocycles. The normalized spacial score (nSPS) is 14.1. The lowest BCUT2D eigenvalue weighted by molar-refractivity contribution is 0.414. The minimum Gasteiger partial charge on any atom is -0.610 e. The summed E-state index contributed by atoms with van der Waals surface area (Å²) < 4.78 is 31.6. The summed E-state index contributed by atoms with van der Waals surface area (Å²) in [4.78, 5) is 0.293. The van der Waals surface area contributed by atoms with Crippen LogP contribution < -0.4 is 4.74 Å². The molecule has 1 aromatic carbocycles. The van der Waals surface area contributed by atoms with Crippen LogP contribution in [0.25, 0.3) is 0 Å². The minimum absolute atomic E-state index is 0.0369. The summed E-state index contributed by atoms with van der Waals surface area (Å²) in [5.41, 5.74) is 2.39. The van der Waals surface area contributed by atoms with E-state index >= 15 is 0 Å². The Kier molecular flexibility index (Phi) is 3.96. The van der Waals surface area contributed by atoms with Crippen LogP contribution in [0.1, 0.15) is 17.0 Å². The second-order valence-electron chi connectivity index (χ2n) is 4.71. The fourth-order valence-corrected chi connectivity index (χ4v) is 3.60. The molecule has 2 aromatic rings. The number of ether oxygens (including phenoxy) is 1. The number of hydrogen-bond acceptors (Lipinski definition) is 4. The number of aryl methyl sites for hydroxylation is 2. The molecule has 2 rings (SSSR count). The number of aromatic nitrogens is 2. The highest BCUT2D eigenvalue weighted by Crippen LogP contribution is 2.26. The molecule has 0 amide bonds. The largest absolute Gasteiger partial charge is 0.610 e. The van der Waals surface area contributed by atoms with Gasteiger partial charge in [0, 0.05) is 18.3 Å². The third-order valence-electron chi connectivity index (χ3n) is 3.41. The maximum atomic E-state index is 12.4. The van der Waals surface area contributed by atoms with Crippen molar-refractivity contribution >= 4 is 10.2 Å². The van der Waals surface area contributed by atoms with Gasteiger partial charge in [0.2, 0.25) is 0 Å². The first-order valence-electron chi connectivity index (χ1n) is 6.21. The van der Waals surface area contributed by atoms with Gasteiger partial charge < -0.3 is 9.29 Å². The van der Waals surface area contributed by atoms with Gasteiger partial charge in [0.15, 0.2) is 4.90 Å². The highest BCUT2D eigenvalue weighted by Gasteiger charge is 2.24. The zero-order valence-corrected chi connectivity index (χ0v) is 12.9. The Morgan fingerprint density at radius 3 is 2.35 bits per heavy atom. The van der Waals surface area contributed by atoms with Crippen molar-refractivity contribution in [3.63, 3.8) is 0 Å². The number of nitrogens with zero attached hydrogens (tertiary/aromatic N) is 2. The molecule has 6 heteroatoms. The predicted octanol–water partition coefficient (Wildman–Crippen LogP) is 2.23. The summed E-state index contributed by atoms with van der Waals surface area (Å²) in [6.07, 6.45) is 0. The maximum Gasteiger partial charge on any atom is 0.156 e. The highest BCUT2D eigenvalue weighted by atomic mass is 32.3. The molecule has 1 unspecified atom stereocenters. The summed E-state index contributed by atoms with van der Waals surface area (Å²) in [5, 5.41) is 4.25. The zero-order chi connectivity index (χ0) is 14.9. The molecule has 20 heavy (non-hydrogen) atoms. The van der Waals surface area contributed by atoms with Crippen LogP contribution in [-0.2, 0) is 27.2 Å². The van der Waals surface area contributed by atoms with Crippen LogP contribution in [0.3, 0.4) is 0 Å². The van der Waals surface area contributed by atoms with E-state index in [1.165, 1.54) is 0 Å². The highest BCUT2D eigenvalue weighted by molar-refractivity contribution is 7.96. The summed E-state index contributed by atoms with van der Waals surface area (Å²) in [6, 6.07) is 6.43. The third kappa shape index (κ3) is 2.76. The van der Waals surface area contributed by atoms with E-state index in [-0.39, 0.29) is 5.75 Å². The summed E-state index contributed by atoms with van der Waals surface area (Å²) >= 11 is 0. The Balaban J connectivity index is 2.32. The van der Waals surface area contributed by atoms with Crippen molar-refractivity contribution in [1.82, 2.24) is 9.78 Å². The van der Waals surface area contributed by atoms with Gasteiger partial charge in [-0.05, 0) is 38.1 Å². The molecular weight excluding hydrogens is 276 g/mol. The van der Waals surface area contributed by atoms with E-state index < -0.39 is 10.2 Å². The van der Waals surface area contributed by atoms with Gasteiger partial charge in [-0.1, -0.05) is 0 Å². The predicted molar refractivity (Wildman–Crippen MR) is 76.5 cm³/mol. The molecule has 5 nitrogen and oxygen atoms in total.